The molecule has 4 aromatic rings. The molecule has 0 spiro atoms. The minimum atomic E-state index is -1.05. The van der Waals surface area contributed by atoms with Gasteiger partial charge in [-0.05, 0) is 33.4 Å². The molecule has 0 amide bonds. The molecule has 0 unspecified atom stereocenters. The SMILES string of the molecule is O=C([O-])Cc1ccc(-c2ccccc2)cc1.O=C([O-])Cc1ccc(-c2ccccc2)cc1.[Zn+2]. The van der Waals surface area contributed by atoms with Crippen LogP contribution in [0.15, 0.2) is 109 Å². The molecule has 0 saturated heterocycles. The fourth-order valence-corrected chi connectivity index (χ4v) is 3.22. The van der Waals surface area contributed by atoms with Crippen LogP contribution in [-0.4, -0.2) is 11.9 Å². The largest absolute Gasteiger partial charge is 2.00 e. The van der Waals surface area contributed by atoms with Crippen molar-refractivity contribution in [3.63, 3.8) is 0 Å². The zero-order valence-corrected chi connectivity index (χ0v) is 21.1. The van der Waals surface area contributed by atoms with Gasteiger partial charge in [-0.3, -0.25) is 0 Å². The number of hydrogen-bond acceptors (Lipinski definition) is 4. The molecule has 4 rings (SSSR count). The maximum Gasteiger partial charge on any atom is 2.00 e. The molecule has 5 heteroatoms. The van der Waals surface area contributed by atoms with Crippen LogP contribution in [0.2, 0.25) is 0 Å². The second-order valence-corrected chi connectivity index (χ2v) is 7.22. The van der Waals surface area contributed by atoms with Gasteiger partial charge in [0, 0.05) is 24.8 Å². The van der Waals surface area contributed by atoms with Crippen molar-refractivity contribution in [2.45, 2.75) is 12.8 Å². The van der Waals surface area contributed by atoms with Crippen molar-refractivity contribution in [1.82, 2.24) is 0 Å². The van der Waals surface area contributed by atoms with E-state index in [0.29, 0.717) is 0 Å². The summed E-state index contributed by atoms with van der Waals surface area (Å²) >= 11 is 0. The predicted molar refractivity (Wildman–Crippen MR) is 121 cm³/mol. The third kappa shape index (κ3) is 8.48. The zero-order chi connectivity index (χ0) is 22.8. The standard InChI is InChI=1S/2C14H12O2.Zn/c2*15-14(16)10-11-6-8-13(9-7-11)12-4-2-1-3-5-12;/h2*1-9H,10H2,(H,15,16);/q;;+2/p-2. The van der Waals surface area contributed by atoms with E-state index in [4.69, 9.17) is 0 Å². The van der Waals surface area contributed by atoms with E-state index in [-0.39, 0.29) is 32.3 Å². The Morgan fingerprint density at radius 2 is 0.727 bits per heavy atom. The number of carbonyl (C=O) groups excluding carboxylic acids is 2. The van der Waals surface area contributed by atoms with Crippen molar-refractivity contribution in [3.05, 3.63) is 120 Å². The number of hydrogen-bond donors (Lipinski definition) is 0. The van der Waals surface area contributed by atoms with Gasteiger partial charge in [0.2, 0.25) is 0 Å². The van der Waals surface area contributed by atoms with E-state index < -0.39 is 11.9 Å². The number of aliphatic carboxylic acids is 2. The van der Waals surface area contributed by atoms with Crippen LogP contribution < -0.4 is 10.2 Å². The van der Waals surface area contributed by atoms with E-state index in [1.807, 2.05) is 109 Å². The maximum atomic E-state index is 10.4. The average molecular weight is 488 g/mol. The van der Waals surface area contributed by atoms with E-state index in [9.17, 15) is 19.8 Å². The fraction of sp³-hybridized carbons (Fsp3) is 0.0714. The fourth-order valence-electron chi connectivity index (χ4n) is 3.22. The summed E-state index contributed by atoms with van der Waals surface area (Å²) in [6.07, 6.45) is -0.0653. The van der Waals surface area contributed by atoms with Crippen molar-refractivity contribution in [1.29, 1.82) is 0 Å². The van der Waals surface area contributed by atoms with Gasteiger partial charge in [0.1, 0.15) is 0 Å². The molecular weight excluding hydrogens is 466 g/mol. The second kappa shape index (κ2) is 13.1. The summed E-state index contributed by atoms with van der Waals surface area (Å²) in [5, 5.41) is 20.8. The number of rotatable bonds is 6. The van der Waals surface area contributed by atoms with Gasteiger partial charge in [0.25, 0.3) is 0 Å². The summed E-state index contributed by atoms with van der Waals surface area (Å²) in [5.74, 6) is -2.10. The zero-order valence-electron chi connectivity index (χ0n) is 18.1. The topological polar surface area (TPSA) is 80.3 Å². The van der Waals surface area contributed by atoms with Crippen molar-refractivity contribution in [2.24, 2.45) is 0 Å². The predicted octanol–water partition coefficient (Wildman–Crippen LogP) is 3.29. The van der Waals surface area contributed by atoms with Crippen LogP contribution in [0.25, 0.3) is 22.3 Å². The quantitative estimate of drug-likeness (QED) is 0.391. The molecule has 4 aromatic carbocycles. The first-order valence-electron chi connectivity index (χ1n) is 10.2. The van der Waals surface area contributed by atoms with E-state index in [2.05, 4.69) is 0 Å². The molecule has 0 N–H and O–H groups in total. The molecule has 4 nitrogen and oxygen atoms in total. The molecule has 0 aliphatic rings. The van der Waals surface area contributed by atoms with E-state index in [1.165, 1.54) is 0 Å². The van der Waals surface area contributed by atoms with Gasteiger partial charge in [-0.25, -0.2) is 0 Å². The Morgan fingerprint density at radius 1 is 0.455 bits per heavy atom. The Balaban J connectivity index is 0.000000227. The van der Waals surface area contributed by atoms with Crippen LogP contribution in [0.1, 0.15) is 11.1 Å². The van der Waals surface area contributed by atoms with Crippen LogP contribution in [0.5, 0.6) is 0 Å². The Morgan fingerprint density at radius 3 is 1.00 bits per heavy atom. The molecule has 0 aliphatic carbocycles. The van der Waals surface area contributed by atoms with Crippen LogP contribution >= 0.6 is 0 Å². The van der Waals surface area contributed by atoms with Crippen LogP contribution in [0.4, 0.5) is 0 Å². The number of carboxylic acids is 2. The number of carboxylic acid groups (broad SMARTS) is 2. The van der Waals surface area contributed by atoms with Crippen molar-refractivity contribution < 1.29 is 39.3 Å². The van der Waals surface area contributed by atoms with Crippen molar-refractivity contribution in [2.75, 3.05) is 0 Å². The van der Waals surface area contributed by atoms with Crippen molar-refractivity contribution in [3.8, 4) is 22.3 Å². The van der Waals surface area contributed by atoms with E-state index >= 15 is 0 Å². The Hall–Kier alpha value is -3.56. The average Bonchev–Trinajstić information content (AvgIpc) is 2.81. The third-order valence-electron chi connectivity index (χ3n) is 4.82. The smallest absolute Gasteiger partial charge is 0.550 e. The minimum Gasteiger partial charge on any atom is -0.550 e. The van der Waals surface area contributed by atoms with Crippen molar-refractivity contribution >= 4 is 11.9 Å². The second-order valence-electron chi connectivity index (χ2n) is 7.22. The molecule has 160 valence electrons. The van der Waals surface area contributed by atoms with Gasteiger partial charge in [-0.15, -0.1) is 0 Å². The first-order chi connectivity index (χ1) is 15.5. The Kier molecular flexibility index (Phi) is 10.2. The number of benzene rings is 4. The maximum absolute atomic E-state index is 10.4. The van der Waals surface area contributed by atoms with Gasteiger partial charge >= 0.3 is 19.5 Å². The number of carbonyl (C=O) groups is 2. The molecule has 0 radical (unpaired) electrons. The molecule has 0 bridgehead atoms. The third-order valence-corrected chi connectivity index (χ3v) is 4.82. The first kappa shape index (κ1) is 25.7. The van der Waals surface area contributed by atoms with Crippen LogP contribution in [-0.2, 0) is 41.9 Å². The summed E-state index contributed by atoms with van der Waals surface area (Å²) in [5.41, 5.74) is 5.95. The molecule has 0 heterocycles. The molecule has 0 aromatic heterocycles. The summed E-state index contributed by atoms with van der Waals surface area (Å²) in [6, 6.07) is 34.9. The minimum absolute atomic E-state index is 0. The van der Waals surface area contributed by atoms with Gasteiger partial charge in [0.05, 0.1) is 0 Å². The molecule has 0 fully saturated rings. The monoisotopic (exact) mass is 486 g/mol. The van der Waals surface area contributed by atoms with Crippen LogP contribution in [0, 0.1) is 0 Å². The Labute approximate surface area is 206 Å². The summed E-state index contributed by atoms with van der Waals surface area (Å²) in [7, 11) is 0. The summed E-state index contributed by atoms with van der Waals surface area (Å²) in [6.45, 7) is 0. The molecule has 0 atom stereocenters. The molecule has 0 aliphatic heterocycles. The molecule has 0 saturated carbocycles. The summed E-state index contributed by atoms with van der Waals surface area (Å²) in [4.78, 5) is 20.8. The Bertz CT molecular complexity index is 1050. The van der Waals surface area contributed by atoms with Gasteiger partial charge in [-0.1, -0.05) is 109 Å². The van der Waals surface area contributed by atoms with Crippen LogP contribution in [0.3, 0.4) is 0 Å². The molecule has 33 heavy (non-hydrogen) atoms. The summed E-state index contributed by atoms with van der Waals surface area (Å²) < 4.78 is 0. The molecular formula is C28H22O4Zn. The van der Waals surface area contributed by atoms with Gasteiger partial charge in [0.15, 0.2) is 0 Å². The first-order valence-corrected chi connectivity index (χ1v) is 10.2. The van der Waals surface area contributed by atoms with E-state index in [1.54, 1.807) is 0 Å². The normalized spacial score (nSPS) is 9.70. The van der Waals surface area contributed by atoms with Gasteiger partial charge in [-0.2, -0.15) is 0 Å². The van der Waals surface area contributed by atoms with E-state index in [0.717, 1.165) is 33.4 Å². The van der Waals surface area contributed by atoms with Gasteiger partial charge < -0.3 is 19.8 Å².